The Balaban J connectivity index is 1.66. The highest BCUT2D eigenvalue weighted by atomic mass is 35.5. The Morgan fingerprint density at radius 3 is 2.63 bits per heavy atom. The first-order valence-corrected chi connectivity index (χ1v) is 8.59. The number of esters is 1. The monoisotopic (exact) mass is 408 g/mol. The van der Waals surface area contributed by atoms with E-state index in [0.29, 0.717) is 27.1 Å². The number of ether oxygens (including phenoxy) is 1. The molecule has 1 N–H and O–H groups in total. The van der Waals surface area contributed by atoms with Gasteiger partial charge in [0.05, 0.1) is 5.02 Å². The van der Waals surface area contributed by atoms with Crippen LogP contribution in [0.3, 0.4) is 0 Å². The van der Waals surface area contributed by atoms with E-state index >= 15 is 0 Å². The number of amides is 1. The molecule has 0 aliphatic carbocycles. The van der Waals surface area contributed by atoms with Gasteiger partial charge in [0.15, 0.2) is 11.9 Å². The third kappa shape index (κ3) is 4.50. The molecule has 0 spiro atoms. The van der Waals surface area contributed by atoms with Crippen LogP contribution in [0.25, 0.3) is 11.3 Å². The zero-order valence-electron chi connectivity index (χ0n) is 14.3. The lowest BCUT2D eigenvalue weighted by Gasteiger charge is -2.11. The minimum atomic E-state index is -1.07. The van der Waals surface area contributed by atoms with Gasteiger partial charge in [-0.2, -0.15) is 0 Å². The average Bonchev–Trinajstić information content (AvgIpc) is 3.24. The van der Waals surface area contributed by atoms with Crippen LogP contribution in [-0.4, -0.2) is 23.1 Å². The van der Waals surface area contributed by atoms with Gasteiger partial charge in [-0.1, -0.05) is 28.4 Å². The van der Waals surface area contributed by atoms with Crippen molar-refractivity contribution in [2.24, 2.45) is 0 Å². The van der Waals surface area contributed by atoms with E-state index in [9.17, 15) is 9.59 Å². The maximum absolute atomic E-state index is 12.2. The molecule has 0 aliphatic heterocycles. The molecule has 0 radical (unpaired) electrons. The second-order valence-electron chi connectivity index (χ2n) is 5.65. The number of halogens is 2. The first-order chi connectivity index (χ1) is 12.8. The molecule has 0 saturated carbocycles. The molecule has 3 aromatic rings. The van der Waals surface area contributed by atoms with Crippen molar-refractivity contribution >= 4 is 40.9 Å². The standard InChI is InChI=1S/C18H14Cl2N2O5/c1-9-7-16(22-27-9)21-17(23)10(2)25-18(24)15-6-5-14(26-15)12-4-3-11(19)8-13(12)20/h3-8,10H,1-2H3,(H,21,22,23)/t10-/m0/s1. The smallest absolute Gasteiger partial charge is 0.375 e. The average molecular weight is 409 g/mol. The van der Waals surface area contributed by atoms with Crippen LogP contribution in [0.4, 0.5) is 5.82 Å². The number of nitrogens with one attached hydrogen (secondary N) is 1. The Morgan fingerprint density at radius 1 is 1.19 bits per heavy atom. The summed E-state index contributed by atoms with van der Waals surface area (Å²) in [7, 11) is 0. The quantitative estimate of drug-likeness (QED) is 0.612. The molecular weight excluding hydrogens is 395 g/mol. The van der Waals surface area contributed by atoms with Gasteiger partial charge in [-0.05, 0) is 44.2 Å². The van der Waals surface area contributed by atoms with E-state index in [1.165, 1.54) is 13.0 Å². The first-order valence-electron chi connectivity index (χ1n) is 7.84. The van der Waals surface area contributed by atoms with Gasteiger partial charge < -0.3 is 19.0 Å². The SMILES string of the molecule is Cc1cc(NC(=O)[C@H](C)OC(=O)c2ccc(-c3ccc(Cl)cc3Cl)o2)no1. The Bertz CT molecular complexity index is 995. The van der Waals surface area contributed by atoms with Crippen molar-refractivity contribution in [3.8, 4) is 11.3 Å². The molecule has 7 nitrogen and oxygen atoms in total. The van der Waals surface area contributed by atoms with E-state index in [-0.39, 0.29) is 11.6 Å². The van der Waals surface area contributed by atoms with E-state index in [4.69, 9.17) is 36.9 Å². The summed E-state index contributed by atoms with van der Waals surface area (Å²) in [6, 6.07) is 9.46. The Kier molecular flexibility index (Phi) is 5.53. The number of nitrogens with zero attached hydrogens (tertiary/aromatic N) is 1. The third-order valence-electron chi connectivity index (χ3n) is 3.54. The van der Waals surface area contributed by atoms with E-state index in [0.717, 1.165) is 0 Å². The Hall–Kier alpha value is -2.77. The maximum Gasteiger partial charge on any atom is 0.375 e. The van der Waals surface area contributed by atoms with Crippen LogP contribution < -0.4 is 5.32 Å². The summed E-state index contributed by atoms with van der Waals surface area (Å²) < 4.78 is 15.5. The molecule has 0 aliphatic rings. The zero-order chi connectivity index (χ0) is 19.6. The lowest BCUT2D eigenvalue weighted by molar-refractivity contribution is -0.123. The molecule has 9 heteroatoms. The summed E-state index contributed by atoms with van der Waals surface area (Å²) in [5.41, 5.74) is 0.576. The predicted molar refractivity (Wildman–Crippen MR) is 98.9 cm³/mol. The number of hydrogen-bond acceptors (Lipinski definition) is 6. The molecule has 0 fully saturated rings. The number of aryl methyl sites for hydroxylation is 1. The topological polar surface area (TPSA) is 94.6 Å². The van der Waals surface area contributed by atoms with Crippen LogP contribution in [-0.2, 0) is 9.53 Å². The molecule has 1 amide bonds. The fraction of sp³-hybridized carbons (Fsp3) is 0.167. The molecule has 0 saturated heterocycles. The fourth-order valence-corrected chi connectivity index (χ4v) is 2.71. The molecule has 0 bridgehead atoms. The minimum Gasteiger partial charge on any atom is -0.449 e. The van der Waals surface area contributed by atoms with Gasteiger partial charge in [-0.15, -0.1) is 0 Å². The molecule has 2 aromatic heterocycles. The fourth-order valence-electron chi connectivity index (χ4n) is 2.21. The number of furan rings is 1. The van der Waals surface area contributed by atoms with Crippen LogP contribution in [0.1, 0.15) is 23.2 Å². The molecule has 0 unspecified atom stereocenters. The van der Waals surface area contributed by atoms with E-state index in [1.54, 1.807) is 37.3 Å². The number of rotatable bonds is 5. The highest BCUT2D eigenvalue weighted by Gasteiger charge is 2.22. The zero-order valence-corrected chi connectivity index (χ0v) is 15.8. The van der Waals surface area contributed by atoms with Crippen LogP contribution >= 0.6 is 23.2 Å². The van der Waals surface area contributed by atoms with Crippen molar-refractivity contribution in [1.29, 1.82) is 0 Å². The molecule has 1 atom stereocenters. The van der Waals surface area contributed by atoms with Gasteiger partial charge in [-0.3, -0.25) is 4.79 Å². The van der Waals surface area contributed by atoms with Gasteiger partial charge in [0.25, 0.3) is 5.91 Å². The second kappa shape index (κ2) is 7.85. The van der Waals surface area contributed by atoms with Crippen molar-refractivity contribution < 1.29 is 23.3 Å². The summed E-state index contributed by atoms with van der Waals surface area (Å²) in [6.07, 6.45) is -1.07. The predicted octanol–water partition coefficient (Wildman–Crippen LogP) is 4.73. The molecule has 27 heavy (non-hydrogen) atoms. The number of carbonyl (C=O) groups excluding carboxylic acids is 2. The Labute approximate surface area is 164 Å². The lowest BCUT2D eigenvalue weighted by atomic mass is 10.2. The minimum absolute atomic E-state index is 0.0621. The number of benzene rings is 1. The number of hydrogen-bond donors (Lipinski definition) is 1. The highest BCUT2D eigenvalue weighted by molar-refractivity contribution is 6.36. The second-order valence-corrected chi connectivity index (χ2v) is 6.49. The van der Waals surface area contributed by atoms with Gasteiger partial charge >= 0.3 is 5.97 Å². The van der Waals surface area contributed by atoms with Crippen LogP contribution in [0.15, 0.2) is 45.3 Å². The molecular formula is C18H14Cl2N2O5. The van der Waals surface area contributed by atoms with Crippen molar-refractivity contribution in [3.63, 3.8) is 0 Å². The van der Waals surface area contributed by atoms with Crippen molar-refractivity contribution in [2.75, 3.05) is 5.32 Å². The lowest BCUT2D eigenvalue weighted by Crippen LogP contribution is -2.30. The highest BCUT2D eigenvalue weighted by Crippen LogP contribution is 2.31. The molecule has 1 aromatic carbocycles. The van der Waals surface area contributed by atoms with Gasteiger partial charge in [0.2, 0.25) is 5.76 Å². The van der Waals surface area contributed by atoms with E-state index in [2.05, 4.69) is 10.5 Å². The van der Waals surface area contributed by atoms with Gasteiger partial charge in [-0.25, -0.2) is 4.79 Å². The molecule has 2 heterocycles. The summed E-state index contributed by atoms with van der Waals surface area (Å²) in [4.78, 5) is 24.3. The van der Waals surface area contributed by atoms with E-state index in [1.807, 2.05) is 0 Å². The largest absolute Gasteiger partial charge is 0.449 e. The summed E-state index contributed by atoms with van der Waals surface area (Å²) in [5, 5.41) is 6.99. The number of aromatic nitrogens is 1. The summed E-state index contributed by atoms with van der Waals surface area (Å²) >= 11 is 12.0. The molecule has 3 rings (SSSR count). The van der Waals surface area contributed by atoms with Gasteiger partial charge in [0.1, 0.15) is 11.5 Å². The molecule has 140 valence electrons. The van der Waals surface area contributed by atoms with Gasteiger partial charge in [0, 0.05) is 16.7 Å². The van der Waals surface area contributed by atoms with Crippen LogP contribution in [0.5, 0.6) is 0 Å². The third-order valence-corrected chi connectivity index (χ3v) is 4.08. The Morgan fingerprint density at radius 2 is 1.96 bits per heavy atom. The maximum atomic E-state index is 12.2. The summed E-state index contributed by atoms with van der Waals surface area (Å²) in [6.45, 7) is 3.12. The first kappa shape index (κ1) is 19.0. The van der Waals surface area contributed by atoms with Crippen molar-refractivity contribution in [3.05, 3.63) is 58.0 Å². The number of carbonyl (C=O) groups is 2. The number of anilines is 1. The van der Waals surface area contributed by atoms with Crippen molar-refractivity contribution in [1.82, 2.24) is 5.16 Å². The van der Waals surface area contributed by atoms with Crippen LogP contribution in [0, 0.1) is 6.92 Å². The van der Waals surface area contributed by atoms with E-state index < -0.39 is 18.0 Å². The van der Waals surface area contributed by atoms with Crippen LogP contribution in [0.2, 0.25) is 10.0 Å². The van der Waals surface area contributed by atoms with Crippen molar-refractivity contribution in [2.45, 2.75) is 20.0 Å². The normalized spacial score (nSPS) is 11.9. The summed E-state index contributed by atoms with van der Waals surface area (Å²) in [5.74, 6) is -0.252.